The lowest BCUT2D eigenvalue weighted by molar-refractivity contribution is 0.0973. The first-order valence-electron chi connectivity index (χ1n) is 11.7. The molecule has 0 bridgehead atoms. The molecule has 1 N–H and O–H groups in total. The summed E-state index contributed by atoms with van der Waals surface area (Å²) in [6.45, 7) is 4.66. The average molecular weight is 486 g/mol. The van der Waals surface area contributed by atoms with Crippen LogP contribution in [0.3, 0.4) is 0 Å². The van der Waals surface area contributed by atoms with Gasteiger partial charge in [-0.15, -0.1) is 0 Å². The van der Waals surface area contributed by atoms with Crippen molar-refractivity contribution < 1.29 is 14.3 Å². The summed E-state index contributed by atoms with van der Waals surface area (Å²) >= 11 is 0. The Bertz CT molecular complexity index is 1410. The van der Waals surface area contributed by atoms with Crippen molar-refractivity contribution in [3.63, 3.8) is 0 Å². The number of methoxy groups -OCH3 is 1. The SMILES string of the molecule is COc1cccc(C(=O)Cn2cnc3c(NN=Cc4cccc(C)c4)nc(N4CCOCC4)nc32)c1. The Morgan fingerprint density at radius 3 is 2.81 bits per heavy atom. The zero-order chi connectivity index (χ0) is 24.9. The van der Waals surface area contributed by atoms with Gasteiger partial charge in [0.2, 0.25) is 5.95 Å². The summed E-state index contributed by atoms with van der Waals surface area (Å²) in [5.74, 6) is 1.56. The Labute approximate surface area is 208 Å². The molecule has 1 fully saturated rings. The second kappa shape index (κ2) is 10.5. The molecule has 10 nitrogen and oxygen atoms in total. The van der Waals surface area contributed by atoms with E-state index in [0.717, 1.165) is 11.1 Å². The molecule has 10 heteroatoms. The van der Waals surface area contributed by atoms with E-state index >= 15 is 0 Å². The third-order valence-electron chi connectivity index (χ3n) is 5.88. The third-order valence-corrected chi connectivity index (χ3v) is 5.88. The summed E-state index contributed by atoms with van der Waals surface area (Å²) in [6, 6.07) is 15.1. The van der Waals surface area contributed by atoms with E-state index in [1.807, 2.05) is 31.2 Å². The largest absolute Gasteiger partial charge is 0.497 e. The van der Waals surface area contributed by atoms with E-state index in [9.17, 15) is 4.79 Å². The van der Waals surface area contributed by atoms with Crippen LogP contribution in [0.2, 0.25) is 0 Å². The number of imidazole rings is 1. The number of morpholine rings is 1. The predicted molar refractivity (Wildman–Crippen MR) is 138 cm³/mol. The maximum Gasteiger partial charge on any atom is 0.229 e. The van der Waals surface area contributed by atoms with Crippen LogP contribution in [0.1, 0.15) is 21.5 Å². The molecule has 0 saturated carbocycles. The van der Waals surface area contributed by atoms with Gasteiger partial charge in [0.15, 0.2) is 22.8 Å². The van der Waals surface area contributed by atoms with Crippen LogP contribution < -0.4 is 15.1 Å². The number of carbonyl (C=O) groups excluding carboxylic acids is 1. The average Bonchev–Trinajstić information content (AvgIpc) is 3.32. The number of rotatable bonds is 8. The normalized spacial score (nSPS) is 13.9. The summed E-state index contributed by atoms with van der Waals surface area (Å²) in [4.78, 5) is 29.1. The lowest BCUT2D eigenvalue weighted by atomic mass is 10.1. The molecule has 1 aliphatic rings. The summed E-state index contributed by atoms with van der Waals surface area (Å²) in [6.07, 6.45) is 3.34. The number of nitrogens with zero attached hydrogens (tertiary/aromatic N) is 6. The molecule has 0 unspecified atom stereocenters. The number of aryl methyl sites for hydroxylation is 1. The van der Waals surface area contributed by atoms with Gasteiger partial charge < -0.3 is 18.9 Å². The Morgan fingerprint density at radius 2 is 2.00 bits per heavy atom. The molecule has 1 saturated heterocycles. The third kappa shape index (κ3) is 5.18. The van der Waals surface area contributed by atoms with E-state index in [2.05, 4.69) is 20.4 Å². The number of nitrogens with one attached hydrogen (secondary N) is 1. The molecule has 2 aromatic heterocycles. The zero-order valence-corrected chi connectivity index (χ0v) is 20.2. The zero-order valence-electron chi connectivity index (χ0n) is 20.2. The van der Waals surface area contributed by atoms with Gasteiger partial charge in [0.25, 0.3) is 0 Å². The highest BCUT2D eigenvalue weighted by Crippen LogP contribution is 2.24. The quantitative estimate of drug-likeness (QED) is 0.230. The number of hydrogen-bond acceptors (Lipinski definition) is 9. The number of ether oxygens (including phenoxy) is 2. The maximum absolute atomic E-state index is 13.0. The molecule has 3 heterocycles. The van der Waals surface area contributed by atoms with Crippen LogP contribution >= 0.6 is 0 Å². The molecule has 4 aromatic rings. The minimum Gasteiger partial charge on any atom is -0.497 e. The topological polar surface area (TPSA) is 107 Å². The van der Waals surface area contributed by atoms with Gasteiger partial charge in [0.1, 0.15) is 5.75 Å². The van der Waals surface area contributed by atoms with Crippen molar-refractivity contribution in [1.29, 1.82) is 0 Å². The predicted octanol–water partition coefficient (Wildman–Crippen LogP) is 3.31. The summed E-state index contributed by atoms with van der Waals surface area (Å²) in [5.41, 5.74) is 6.79. The van der Waals surface area contributed by atoms with Gasteiger partial charge in [-0.1, -0.05) is 42.0 Å². The second-order valence-electron chi connectivity index (χ2n) is 8.46. The maximum atomic E-state index is 13.0. The first-order valence-corrected chi connectivity index (χ1v) is 11.7. The van der Waals surface area contributed by atoms with E-state index in [4.69, 9.17) is 19.4 Å². The lowest BCUT2D eigenvalue weighted by Gasteiger charge is -2.27. The standard InChI is InChI=1S/C26H27N7O3/c1-18-5-3-6-19(13-18)15-28-31-24-23-25(30-26(29-24)32-9-11-36-12-10-32)33(17-27-23)16-22(34)20-7-4-8-21(14-20)35-2/h3-8,13-15,17H,9-12,16H2,1-2H3,(H,29,30,31). The van der Waals surface area contributed by atoms with E-state index in [-0.39, 0.29) is 12.3 Å². The number of benzene rings is 2. The number of hydrogen-bond donors (Lipinski definition) is 1. The van der Waals surface area contributed by atoms with Gasteiger partial charge in [0.05, 0.1) is 39.4 Å². The van der Waals surface area contributed by atoms with Gasteiger partial charge in [-0.25, -0.2) is 4.98 Å². The number of hydrazone groups is 1. The molecule has 0 radical (unpaired) electrons. The van der Waals surface area contributed by atoms with E-state index in [1.54, 1.807) is 48.5 Å². The Kier molecular flexibility index (Phi) is 6.85. The molecule has 0 amide bonds. The van der Waals surface area contributed by atoms with Gasteiger partial charge in [-0.05, 0) is 24.6 Å². The van der Waals surface area contributed by atoms with E-state index in [0.29, 0.717) is 60.5 Å². The van der Waals surface area contributed by atoms with Gasteiger partial charge in [-0.3, -0.25) is 10.2 Å². The molecule has 1 aliphatic heterocycles. The number of carbonyl (C=O) groups is 1. The fourth-order valence-corrected chi connectivity index (χ4v) is 3.99. The van der Waals surface area contributed by atoms with E-state index < -0.39 is 0 Å². The Hall–Kier alpha value is -4.31. The van der Waals surface area contributed by atoms with Crippen molar-refractivity contribution in [3.05, 3.63) is 71.5 Å². The smallest absolute Gasteiger partial charge is 0.229 e. The Balaban J connectivity index is 1.47. The first-order chi connectivity index (χ1) is 17.6. The van der Waals surface area contributed by atoms with Gasteiger partial charge >= 0.3 is 0 Å². The van der Waals surface area contributed by atoms with E-state index in [1.165, 1.54) is 0 Å². The van der Waals surface area contributed by atoms with Crippen molar-refractivity contribution in [2.24, 2.45) is 5.10 Å². The number of aromatic nitrogens is 4. The monoisotopic (exact) mass is 485 g/mol. The minimum atomic E-state index is -0.0771. The fourth-order valence-electron chi connectivity index (χ4n) is 3.99. The van der Waals surface area contributed by atoms with Crippen LogP contribution in [0, 0.1) is 6.92 Å². The molecule has 0 aliphatic carbocycles. The summed E-state index contributed by atoms with van der Waals surface area (Å²) in [5, 5.41) is 4.39. The molecular formula is C26H27N7O3. The van der Waals surface area contributed by atoms with Crippen molar-refractivity contribution in [1.82, 2.24) is 19.5 Å². The molecule has 184 valence electrons. The van der Waals surface area contributed by atoms with Crippen molar-refractivity contribution in [2.75, 3.05) is 43.7 Å². The molecule has 2 aromatic carbocycles. The minimum absolute atomic E-state index is 0.0771. The van der Waals surface area contributed by atoms with Crippen LogP contribution in [-0.4, -0.2) is 64.9 Å². The molecule has 5 rings (SSSR count). The van der Waals surface area contributed by atoms with Crippen molar-refractivity contribution in [2.45, 2.75) is 13.5 Å². The first kappa shape index (κ1) is 23.4. The number of Topliss-reactive ketones (excluding diaryl/α,β-unsaturated/α-hetero) is 1. The van der Waals surface area contributed by atoms with Crippen LogP contribution in [0.25, 0.3) is 11.2 Å². The second-order valence-corrected chi connectivity index (χ2v) is 8.46. The van der Waals surface area contributed by atoms with Crippen LogP contribution in [-0.2, 0) is 11.3 Å². The van der Waals surface area contributed by atoms with Crippen LogP contribution in [0.5, 0.6) is 5.75 Å². The Morgan fingerprint density at radius 1 is 1.17 bits per heavy atom. The van der Waals surface area contributed by atoms with Gasteiger partial charge in [0, 0.05) is 18.7 Å². The highest BCUT2D eigenvalue weighted by molar-refractivity contribution is 5.97. The summed E-state index contributed by atoms with van der Waals surface area (Å²) < 4.78 is 12.5. The van der Waals surface area contributed by atoms with Gasteiger partial charge in [-0.2, -0.15) is 15.1 Å². The number of ketones is 1. The highest BCUT2D eigenvalue weighted by Gasteiger charge is 2.20. The fraction of sp³-hybridized carbons (Fsp3) is 0.269. The summed E-state index contributed by atoms with van der Waals surface area (Å²) in [7, 11) is 1.58. The number of anilines is 2. The van der Waals surface area contributed by atoms with Crippen molar-refractivity contribution >= 4 is 34.9 Å². The molecule has 0 atom stereocenters. The lowest BCUT2D eigenvalue weighted by Crippen LogP contribution is -2.37. The molecular weight excluding hydrogens is 458 g/mol. The van der Waals surface area contributed by atoms with Crippen LogP contribution in [0.4, 0.5) is 11.8 Å². The van der Waals surface area contributed by atoms with Crippen molar-refractivity contribution in [3.8, 4) is 5.75 Å². The highest BCUT2D eigenvalue weighted by atomic mass is 16.5. The molecule has 0 spiro atoms. The molecule has 36 heavy (non-hydrogen) atoms. The van der Waals surface area contributed by atoms with Crippen LogP contribution in [0.15, 0.2) is 60.0 Å². The number of fused-ring (bicyclic) bond motifs is 1.